The molecule has 0 saturated carbocycles. The predicted octanol–water partition coefficient (Wildman–Crippen LogP) is 1.13. The standard InChI is InChI=1S/C20H24N6O2/c1-14-7-9-25(12-15-4-3-8-21-10-15)20(28)18(14)19(27)22-11-16-5-2-6-17-23-13-24-26(16)17/h2,5-7,9,13,15,21H,3-4,8,10-12H2,1H3,(H,22,27). The topological polar surface area (TPSA) is 93.3 Å². The lowest BCUT2D eigenvalue weighted by Gasteiger charge is -2.23. The lowest BCUT2D eigenvalue weighted by molar-refractivity contribution is 0.0947. The van der Waals surface area contributed by atoms with Gasteiger partial charge in [-0.25, -0.2) is 9.50 Å². The molecule has 0 spiro atoms. The average molecular weight is 380 g/mol. The third kappa shape index (κ3) is 3.68. The summed E-state index contributed by atoms with van der Waals surface area (Å²) in [4.78, 5) is 29.9. The Morgan fingerprint density at radius 1 is 1.36 bits per heavy atom. The highest BCUT2D eigenvalue weighted by Gasteiger charge is 2.19. The zero-order chi connectivity index (χ0) is 19.5. The molecule has 1 amide bonds. The van der Waals surface area contributed by atoms with Crippen LogP contribution in [0.3, 0.4) is 0 Å². The highest BCUT2D eigenvalue weighted by molar-refractivity contribution is 5.95. The predicted molar refractivity (Wildman–Crippen MR) is 105 cm³/mol. The Morgan fingerprint density at radius 2 is 2.25 bits per heavy atom. The van der Waals surface area contributed by atoms with Gasteiger partial charge in [-0.15, -0.1) is 0 Å². The number of pyridine rings is 2. The van der Waals surface area contributed by atoms with E-state index in [4.69, 9.17) is 0 Å². The number of aryl methyl sites for hydroxylation is 1. The zero-order valence-corrected chi connectivity index (χ0v) is 15.9. The molecule has 1 saturated heterocycles. The van der Waals surface area contributed by atoms with Gasteiger partial charge in [0.2, 0.25) is 0 Å². The van der Waals surface area contributed by atoms with E-state index in [-0.39, 0.29) is 23.6 Å². The molecular weight excluding hydrogens is 356 g/mol. The molecule has 0 aliphatic carbocycles. The minimum atomic E-state index is -0.365. The van der Waals surface area contributed by atoms with Crippen molar-refractivity contribution in [2.75, 3.05) is 13.1 Å². The molecule has 0 radical (unpaired) electrons. The molecule has 1 aliphatic heterocycles. The van der Waals surface area contributed by atoms with Gasteiger partial charge in [-0.1, -0.05) is 6.07 Å². The van der Waals surface area contributed by atoms with Crippen LogP contribution >= 0.6 is 0 Å². The van der Waals surface area contributed by atoms with Crippen LogP contribution in [0.4, 0.5) is 0 Å². The van der Waals surface area contributed by atoms with Crippen molar-refractivity contribution < 1.29 is 4.79 Å². The number of carbonyl (C=O) groups excluding carboxylic acids is 1. The molecule has 8 heteroatoms. The molecule has 146 valence electrons. The van der Waals surface area contributed by atoms with Crippen molar-refractivity contribution in [1.82, 2.24) is 29.8 Å². The first-order valence-corrected chi connectivity index (χ1v) is 9.60. The number of amides is 1. The molecule has 3 aromatic rings. The Morgan fingerprint density at radius 3 is 3.07 bits per heavy atom. The van der Waals surface area contributed by atoms with Crippen LogP contribution in [0, 0.1) is 12.8 Å². The molecule has 1 unspecified atom stereocenters. The van der Waals surface area contributed by atoms with Crippen LogP contribution in [-0.2, 0) is 13.1 Å². The minimum absolute atomic E-state index is 0.206. The minimum Gasteiger partial charge on any atom is -0.346 e. The maximum atomic E-state index is 12.9. The maximum Gasteiger partial charge on any atom is 0.263 e. The summed E-state index contributed by atoms with van der Waals surface area (Å²) in [5, 5.41) is 10.4. The van der Waals surface area contributed by atoms with Crippen LogP contribution in [0.15, 0.2) is 41.6 Å². The first-order valence-electron chi connectivity index (χ1n) is 9.60. The number of fused-ring (bicyclic) bond motifs is 1. The van der Waals surface area contributed by atoms with Gasteiger partial charge in [0.25, 0.3) is 11.5 Å². The van der Waals surface area contributed by atoms with Crippen molar-refractivity contribution in [3.63, 3.8) is 0 Å². The van der Waals surface area contributed by atoms with Crippen molar-refractivity contribution in [2.24, 2.45) is 5.92 Å². The monoisotopic (exact) mass is 380 g/mol. The fourth-order valence-corrected chi connectivity index (χ4v) is 3.74. The third-order valence-corrected chi connectivity index (χ3v) is 5.26. The second-order valence-corrected chi connectivity index (χ2v) is 7.27. The number of nitrogens with one attached hydrogen (secondary N) is 2. The highest BCUT2D eigenvalue weighted by Crippen LogP contribution is 2.12. The smallest absolute Gasteiger partial charge is 0.263 e. The van der Waals surface area contributed by atoms with E-state index in [1.54, 1.807) is 22.2 Å². The summed E-state index contributed by atoms with van der Waals surface area (Å²) in [5.74, 6) is 0.0470. The number of hydrogen-bond acceptors (Lipinski definition) is 5. The van der Waals surface area contributed by atoms with E-state index in [1.807, 2.05) is 24.3 Å². The average Bonchev–Trinajstić information content (AvgIpc) is 3.19. The van der Waals surface area contributed by atoms with E-state index in [0.29, 0.717) is 23.7 Å². The Hall–Kier alpha value is -3.00. The van der Waals surface area contributed by atoms with Crippen LogP contribution in [0.25, 0.3) is 5.65 Å². The van der Waals surface area contributed by atoms with Crippen LogP contribution in [-0.4, -0.2) is 38.2 Å². The van der Waals surface area contributed by atoms with Crippen molar-refractivity contribution >= 4 is 11.6 Å². The molecule has 1 atom stereocenters. The van der Waals surface area contributed by atoms with E-state index in [0.717, 1.165) is 31.6 Å². The lowest BCUT2D eigenvalue weighted by atomic mass is 9.99. The summed E-state index contributed by atoms with van der Waals surface area (Å²) in [5.41, 5.74) is 2.16. The van der Waals surface area contributed by atoms with Gasteiger partial charge in [-0.2, -0.15) is 5.10 Å². The first-order chi connectivity index (χ1) is 13.6. The molecule has 2 N–H and O–H groups in total. The normalized spacial score (nSPS) is 17.0. The molecule has 1 aliphatic rings. The van der Waals surface area contributed by atoms with Crippen molar-refractivity contribution in [1.29, 1.82) is 0 Å². The fraction of sp³-hybridized carbons (Fsp3) is 0.400. The summed E-state index contributed by atoms with van der Waals surface area (Å²) in [6, 6.07) is 7.42. The van der Waals surface area contributed by atoms with E-state index in [1.165, 1.54) is 6.33 Å². The molecule has 3 aromatic heterocycles. The van der Waals surface area contributed by atoms with Gasteiger partial charge in [0, 0.05) is 12.7 Å². The first kappa shape index (κ1) is 18.4. The van der Waals surface area contributed by atoms with E-state index < -0.39 is 0 Å². The Labute approximate surface area is 162 Å². The Bertz CT molecular complexity index is 1050. The lowest BCUT2D eigenvalue weighted by Crippen LogP contribution is -2.38. The molecule has 28 heavy (non-hydrogen) atoms. The van der Waals surface area contributed by atoms with E-state index in [2.05, 4.69) is 20.7 Å². The van der Waals surface area contributed by atoms with Crippen molar-refractivity contribution in [3.05, 3.63) is 64.0 Å². The maximum absolute atomic E-state index is 12.9. The summed E-state index contributed by atoms with van der Waals surface area (Å²) in [6.07, 6.45) is 5.48. The third-order valence-electron chi connectivity index (χ3n) is 5.26. The van der Waals surface area contributed by atoms with Crippen LogP contribution in [0.5, 0.6) is 0 Å². The molecule has 4 heterocycles. The number of hydrogen-bond donors (Lipinski definition) is 2. The Balaban J connectivity index is 1.52. The van der Waals surface area contributed by atoms with Gasteiger partial charge in [-0.3, -0.25) is 9.59 Å². The fourth-order valence-electron chi connectivity index (χ4n) is 3.74. The second-order valence-electron chi connectivity index (χ2n) is 7.27. The number of piperidine rings is 1. The van der Waals surface area contributed by atoms with Gasteiger partial charge in [-0.05, 0) is 62.5 Å². The number of rotatable bonds is 5. The molecule has 0 bridgehead atoms. The molecular formula is C20H24N6O2. The van der Waals surface area contributed by atoms with Gasteiger partial charge >= 0.3 is 0 Å². The quantitative estimate of drug-likeness (QED) is 0.692. The zero-order valence-electron chi connectivity index (χ0n) is 15.9. The van der Waals surface area contributed by atoms with E-state index in [9.17, 15) is 9.59 Å². The largest absolute Gasteiger partial charge is 0.346 e. The molecule has 0 aromatic carbocycles. The highest BCUT2D eigenvalue weighted by atomic mass is 16.2. The number of nitrogens with zero attached hydrogens (tertiary/aromatic N) is 4. The molecule has 4 rings (SSSR count). The number of aromatic nitrogens is 4. The second kappa shape index (κ2) is 7.93. The summed E-state index contributed by atoms with van der Waals surface area (Å²) in [6.45, 7) is 4.63. The van der Waals surface area contributed by atoms with Crippen LogP contribution < -0.4 is 16.2 Å². The van der Waals surface area contributed by atoms with Crippen molar-refractivity contribution in [2.45, 2.75) is 32.9 Å². The molecule has 8 nitrogen and oxygen atoms in total. The molecule has 1 fully saturated rings. The Kier molecular flexibility index (Phi) is 5.21. The van der Waals surface area contributed by atoms with Gasteiger partial charge < -0.3 is 15.2 Å². The van der Waals surface area contributed by atoms with Gasteiger partial charge in [0.05, 0.1) is 12.2 Å². The number of carbonyl (C=O) groups is 1. The van der Waals surface area contributed by atoms with Crippen LogP contribution in [0.2, 0.25) is 0 Å². The van der Waals surface area contributed by atoms with Crippen LogP contribution in [0.1, 0.15) is 34.5 Å². The van der Waals surface area contributed by atoms with E-state index >= 15 is 0 Å². The van der Waals surface area contributed by atoms with Gasteiger partial charge in [0.1, 0.15) is 11.9 Å². The SMILES string of the molecule is Cc1ccn(CC2CCCNC2)c(=O)c1C(=O)NCc1cccc2ncnn12. The van der Waals surface area contributed by atoms with Crippen molar-refractivity contribution in [3.8, 4) is 0 Å². The summed E-state index contributed by atoms with van der Waals surface area (Å²) >= 11 is 0. The summed E-state index contributed by atoms with van der Waals surface area (Å²) < 4.78 is 3.34. The summed E-state index contributed by atoms with van der Waals surface area (Å²) in [7, 11) is 0. The van der Waals surface area contributed by atoms with Gasteiger partial charge in [0.15, 0.2) is 5.65 Å².